The molecule has 1 amide bonds. The van der Waals surface area contributed by atoms with Crippen LogP contribution in [0, 0.1) is 6.92 Å². The number of aryl methyl sites for hydroxylation is 2. The third-order valence-electron chi connectivity index (χ3n) is 5.43. The molecule has 0 unspecified atom stereocenters. The molecule has 174 valence electrons. The number of hydrogen-bond donors (Lipinski definition) is 2. The van der Waals surface area contributed by atoms with Crippen LogP contribution in [0.2, 0.25) is 0 Å². The summed E-state index contributed by atoms with van der Waals surface area (Å²) in [5.74, 6) is -0.0209. The molecule has 0 fully saturated rings. The third-order valence-corrected chi connectivity index (χ3v) is 5.43. The summed E-state index contributed by atoms with van der Waals surface area (Å²) in [5, 5.41) is 10.4. The summed E-state index contributed by atoms with van der Waals surface area (Å²) in [4.78, 5) is 33.8. The fourth-order valence-electron chi connectivity index (χ4n) is 3.62. The minimum absolute atomic E-state index is 0.0806. The lowest BCUT2D eigenvalue weighted by Gasteiger charge is -2.16. The Labute approximate surface area is 197 Å². The second-order valence-electron chi connectivity index (χ2n) is 7.93. The van der Waals surface area contributed by atoms with E-state index in [2.05, 4.69) is 25.7 Å². The van der Waals surface area contributed by atoms with Crippen molar-refractivity contribution in [2.75, 3.05) is 17.2 Å². The zero-order chi connectivity index (χ0) is 24.2. The van der Waals surface area contributed by atoms with E-state index >= 15 is 0 Å². The van der Waals surface area contributed by atoms with Crippen LogP contribution in [0.1, 0.15) is 51.7 Å². The predicted molar refractivity (Wildman–Crippen MR) is 130 cm³/mol. The van der Waals surface area contributed by atoms with Crippen LogP contribution in [0.4, 0.5) is 11.5 Å². The Bertz CT molecular complexity index is 1360. The van der Waals surface area contributed by atoms with Gasteiger partial charge in [-0.15, -0.1) is 0 Å². The number of nitrogens with one attached hydrogen (secondary N) is 2. The van der Waals surface area contributed by atoms with E-state index in [1.807, 2.05) is 38.2 Å². The second kappa shape index (κ2) is 9.70. The molecule has 2 aromatic heterocycles. The van der Waals surface area contributed by atoms with Gasteiger partial charge in [-0.25, -0.2) is 19.4 Å². The molecule has 34 heavy (non-hydrogen) atoms. The van der Waals surface area contributed by atoms with Gasteiger partial charge in [0.2, 0.25) is 0 Å². The Morgan fingerprint density at radius 3 is 2.74 bits per heavy atom. The summed E-state index contributed by atoms with van der Waals surface area (Å²) in [6.07, 6.45) is 3.35. The average Bonchev–Trinajstić information content (AvgIpc) is 3.19. The number of rotatable bonds is 7. The van der Waals surface area contributed by atoms with Crippen LogP contribution in [0.25, 0.3) is 11.2 Å². The molecule has 4 aromatic rings. The van der Waals surface area contributed by atoms with Crippen molar-refractivity contribution < 1.29 is 14.3 Å². The molecule has 0 aliphatic rings. The first kappa shape index (κ1) is 22.9. The lowest BCUT2D eigenvalue weighted by Crippen LogP contribution is -2.14. The van der Waals surface area contributed by atoms with Gasteiger partial charge in [-0.05, 0) is 62.2 Å². The number of esters is 1. The maximum Gasteiger partial charge on any atom is 0.338 e. The van der Waals surface area contributed by atoms with Crippen molar-refractivity contribution in [3.05, 3.63) is 77.1 Å². The maximum absolute atomic E-state index is 12.8. The topological polar surface area (TPSA) is 111 Å². The average molecular weight is 459 g/mol. The van der Waals surface area contributed by atoms with Gasteiger partial charge >= 0.3 is 5.97 Å². The molecular formula is C25H26N6O3. The Morgan fingerprint density at radius 2 is 1.97 bits per heavy atom. The van der Waals surface area contributed by atoms with E-state index in [0.29, 0.717) is 40.4 Å². The van der Waals surface area contributed by atoms with Crippen LogP contribution in [0.3, 0.4) is 0 Å². The molecule has 0 spiro atoms. The van der Waals surface area contributed by atoms with E-state index in [9.17, 15) is 9.59 Å². The summed E-state index contributed by atoms with van der Waals surface area (Å²) in [7, 11) is 1.82. The SMILES string of the molecule is CCOC(=O)c1ccc(C(=O)Nc2cccc([C@H](C)Nc3cnc4cnn(C)c4n3)c2)cc1C. The molecule has 2 N–H and O–H groups in total. The van der Waals surface area contributed by atoms with Crippen molar-refractivity contribution >= 4 is 34.5 Å². The van der Waals surface area contributed by atoms with Crippen LogP contribution in [-0.4, -0.2) is 38.2 Å². The number of amides is 1. The normalized spacial score (nSPS) is 11.8. The first-order chi connectivity index (χ1) is 16.4. The van der Waals surface area contributed by atoms with E-state index in [-0.39, 0.29) is 11.9 Å². The molecular weight excluding hydrogens is 432 g/mol. The predicted octanol–water partition coefficient (Wildman–Crippen LogP) is 4.27. The van der Waals surface area contributed by atoms with Crippen LogP contribution in [0.15, 0.2) is 54.9 Å². The van der Waals surface area contributed by atoms with Crippen molar-refractivity contribution in [1.29, 1.82) is 0 Å². The number of nitrogens with zero attached hydrogens (tertiary/aromatic N) is 4. The van der Waals surface area contributed by atoms with Crippen molar-refractivity contribution in [2.45, 2.75) is 26.8 Å². The first-order valence-electron chi connectivity index (χ1n) is 11.0. The molecule has 2 aromatic carbocycles. The number of aromatic nitrogens is 4. The maximum atomic E-state index is 12.8. The van der Waals surface area contributed by atoms with E-state index < -0.39 is 5.97 Å². The zero-order valence-corrected chi connectivity index (χ0v) is 19.5. The van der Waals surface area contributed by atoms with E-state index in [4.69, 9.17) is 4.74 Å². The minimum atomic E-state index is -0.395. The molecule has 9 heteroatoms. The number of anilines is 2. The van der Waals surface area contributed by atoms with Crippen molar-refractivity contribution in [3.63, 3.8) is 0 Å². The lowest BCUT2D eigenvalue weighted by atomic mass is 10.0. The lowest BCUT2D eigenvalue weighted by molar-refractivity contribution is 0.0525. The molecule has 0 aliphatic carbocycles. The van der Waals surface area contributed by atoms with E-state index in [1.165, 1.54) is 0 Å². The molecule has 0 radical (unpaired) electrons. The van der Waals surface area contributed by atoms with Gasteiger partial charge in [0.1, 0.15) is 11.3 Å². The largest absolute Gasteiger partial charge is 0.462 e. The van der Waals surface area contributed by atoms with Gasteiger partial charge in [-0.3, -0.25) is 4.79 Å². The Morgan fingerprint density at radius 1 is 1.15 bits per heavy atom. The van der Waals surface area contributed by atoms with Crippen molar-refractivity contribution in [2.24, 2.45) is 7.05 Å². The molecule has 9 nitrogen and oxygen atoms in total. The zero-order valence-electron chi connectivity index (χ0n) is 19.5. The second-order valence-corrected chi connectivity index (χ2v) is 7.93. The molecule has 0 aliphatic heterocycles. The molecule has 2 heterocycles. The fourth-order valence-corrected chi connectivity index (χ4v) is 3.62. The number of benzene rings is 2. The van der Waals surface area contributed by atoms with Crippen LogP contribution in [-0.2, 0) is 11.8 Å². The summed E-state index contributed by atoms with van der Waals surface area (Å²) >= 11 is 0. The number of carbonyl (C=O) groups excluding carboxylic acids is 2. The number of hydrogen-bond acceptors (Lipinski definition) is 7. The minimum Gasteiger partial charge on any atom is -0.462 e. The summed E-state index contributed by atoms with van der Waals surface area (Å²) < 4.78 is 6.72. The van der Waals surface area contributed by atoms with Crippen LogP contribution in [0.5, 0.6) is 0 Å². The van der Waals surface area contributed by atoms with Crippen molar-refractivity contribution in [1.82, 2.24) is 19.7 Å². The highest BCUT2D eigenvalue weighted by molar-refractivity contribution is 6.05. The first-order valence-corrected chi connectivity index (χ1v) is 11.0. The van der Waals surface area contributed by atoms with E-state index in [1.54, 1.807) is 49.1 Å². The molecule has 0 saturated heterocycles. The summed E-state index contributed by atoms with van der Waals surface area (Å²) in [5.41, 5.74) is 4.66. The highest BCUT2D eigenvalue weighted by atomic mass is 16.5. The van der Waals surface area contributed by atoms with Crippen molar-refractivity contribution in [3.8, 4) is 0 Å². The van der Waals surface area contributed by atoms with Gasteiger partial charge in [0.25, 0.3) is 5.91 Å². The van der Waals surface area contributed by atoms with Gasteiger partial charge < -0.3 is 15.4 Å². The fraction of sp³-hybridized carbons (Fsp3) is 0.240. The van der Waals surface area contributed by atoms with Gasteiger partial charge in [0.15, 0.2) is 5.65 Å². The highest BCUT2D eigenvalue weighted by Gasteiger charge is 2.14. The van der Waals surface area contributed by atoms with Gasteiger partial charge in [0, 0.05) is 18.3 Å². The van der Waals surface area contributed by atoms with Gasteiger partial charge in [-0.2, -0.15) is 5.10 Å². The molecule has 1 atom stereocenters. The standard InChI is InChI=1S/C25H26N6O3/c1-5-34-25(33)20-10-9-18(11-15(20)2)24(32)29-19-8-6-7-17(12-19)16(3)28-22-14-26-21-13-27-31(4)23(21)30-22/h6-14,16H,5H2,1-4H3,(H,28,30)(H,29,32)/t16-/m0/s1. The Balaban J connectivity index is 1.46. The van der Waals surface area contributed by atoms with Gasteiger partial charge in [0.05, 0.1) is 30.6 Å². The summed E-state index contributed by atoms with van der Waals surface area (Å²) in [6, 6.07) is 12.4. The van der Waals surface area contributed by atoms with E-state index in [0.717, 1.165) is 11.1 Å². The summed E-state index contributed by atoms with van der Waals surface area (Å²) in [6.45, 7) is 5.84. The molecule has 4 rings (SSSR count). The Hall–Kier alpha value is -4.27. The monoisotopic (exact) mass is 458 g/mol. The van der Waals surface area contributed by atoms with Crippen LogP contribution >= 0.6 is 0 Å². The van der Waals surface area contributed by atoms with Crippen LogP contribution < -0.4 is 10.6 Å². The molecule has 0 saturated carbocycles. The Kier molecular flexibility index (Phi) is 6.53. The molecule has 0 bridgehead atoms. The highest BCUT2D eigenvalue weighted by Crippen LogP contribution is 2.22. The number of carbonyl (C=O) groups is 2. The number of fused-ring (bicyclic) bond motifs is 1. The third kappa shape index (κ3) is 4.88. The number of ether oxygens (including phenoxy) is 1. The smallest absolute Gasteiger partial charge is 0.338 e. The van der Waals surface area contributed by atoms with Gasteiger partial charge in [-0.1, -0.05) is 12.1 Å². The quantitative estimate of drug-likeness (QED) is 0.398.